The molecule has 0 spiro atoms. The van der Waals surface area contributed by atoms with Crippen LogP contribution < -0.4 is 15.1 Å². The summed E-state index contributed by atoms with van der Waals surface area (Å²) in [6.07, 6.45) is 5.79. The molecule has 4 rings (SSSR count). The van der Waals surface area contributed by atoms with Crippen molar-refractivity contribution in [1.29, 1.82) is 0 Å². The first-order chi connectivity index (χ1) is 14.6. The van der Waals surface area contributed by atoms with Crippen LogP contribution in [0.15, 0.2) is 35.2 Å². The van der Waals surface area contributed by atoms with Gasteiger partial charge >= 0.3 is 6.03 Å². The number of piperidine rings is 1. The second-order valence-electron chi connectivity index (χ2n) is 7.85. The van der Waals surface area contributed by atoms with Crippen molar-refractivity contribution < 1.29 is 4.79 Å². The summed E-state index contributed by atoms with van der Waals surface area (Å²) in [5, 5.41) is 3.02. The number of benzene rings is 1. The maximum atomic E-state index is 12.7. The molecular weight excluding hydrogens is 396 g/mol. The third-order valence-corrected chi connectivity index (χ3v) is 6.41. The van der Waals surface area contributed by atoms with Gasteiger partial charge in [-0.1, -0.05) is 6.07 Å². The predicted octanol–water partition coefficient (Wildman–Crippen LogP) is 3.85. The van der Waals surface area contributed by atoms with E-state index in [2.05, 4.69) is 26.2 Å². The van der Waals surface area contributed by atoms with Crippen LogP contribution in [0, 0.1) is 6.92 Å². The Labute approximate surface area is 182 Å². The number of thioether (sulfide) groups is 1. The topological polar surface area (TPSA) is 64.6 Å². The molecule has 30 heavy (non-hydrogen) atoms. The van der Waals surface area contributed by atoms with Crippen LogP contribution in [0.3, 0.4) is 0 Å². The number of hydrogen-bond donors (Lipinski definition) is 1. The number of nitrogens with zero attached hydrogens (tertiary/aromatic N) is 5. The molecule has 0 saturated carbocycles. The minimum atomic E-state index is -0.0490. The fourth-order valence-corrected chi connectivity index (χ4v) is 4.44. The van der Waals surface area contributed by atoms with Crippen LogP contribution in [0.1, 0.15) is 25.0 Å². The van der Waals surface area contributed by atoms with E-state index in [-0.39, 0.29) is 6.03 Å². The Balaban J connectivity index is 1.37. The number of carbonyl (C=O) groups is 1. The van der Waals surface area contributed by atoms with E-state index in [1.165, 1.54) is 19.3 Å². The molecule has 2 saturated heterocycles. The molecule has 3 heterocycles. The van der Waals surface area contributed by atoms with Gasteiger partial charge in [0.25, 0.3) is 0 Å². The Kier molecular flexibility index (Phi) is 6.62. The van der Waals surface area contributed by atoms with E-state index < -0.39 is 0 Å². The summed E-state index contributed by atoms with van der Waals surface area (Å²) in [7, 11) is 0. The van der Waals surface area contributed by atoms with Crippen molar-refractivity contribution in [3.8, 4) is 0 Å². The van der Waals surface area contributed by atoms with Gasteiger partial charge in [-0.15, -0.1) is 11.8 Å². The zero-order valence-corrected chi connectivity index (χ0v) is 18.6. The number of hydrogen-bond acceptors (Lipinski definition) is 6. The van der Waals surface area contributed by atoms with Crippen LogP contribution in [0.2, 0.25) is 0 Å². The lowest BCUT2D eigenvalue weighted by Crippen LogP contribution is -2.50. The van der Waals surface area contributed by atoms with Gasteiger partial charge in [0.05, 0.1) is 0 Å². The quantitative estimate of drug-likeness (QED) is 0.749. The van der Waals surface area contributed by atoms with Crippen molar-refractivity contribution in [2.45, 2.75) is 31.1 Å². The first-order valence-corrected chi connectivity index (χ1v) is 11.9. The highest BCUT2D eigenvalue weighted by molar-refractivity contribution is 7.98. The zero-order valence-electron chi connectivity index (χ0n) is 17.8. The molecule has 0 unspecified atom stereocenters. The van der Waals surface area contributed by atoms with Gasteiger partial charge < -0.3 is 20.0 Å². The summed E-state index contributed by atoms with van der Waals surface area (Å²) in [5.74, 6) is 1.81. The van der Waals surface area contributed by atoms with E-state index in [4.69, 9.17) is 4.98 Å². The van der Waals surface area contributed by atoms with Crippen molar-refractivity contribution in [3.63, 3.8) is 0 Å². The van der Waals surface area contributed by atoms with Crippen LogP contribution in [0.25, 0.3) is 0 Å². The lowest BCUT2D eigenvalue weighted by atomic mass is 10.1. The number of nitrogens with one attached hydrogen (secondary N) is 1. The van der Waals surface area contributed by atoms with Crippen molar-refractivity contribution in [3.05, 3.63) is 36.0 Å². The van der Waals surface area contributed by atoms with E-state index in [1.807, 2.05) is 42.3 Å². The first-order valence-electron chi connectivity index (χ1n) is 10.7. The van der Waals surface area contributed by atoms with Crippen molar-refractivity contribution >= 4 is 35.2 Å². The monoisotopic (exact) mass is 426 g/mol. The molecule has 1 aromatic carbocycles. The van der Waals surface area contributed by atoms with Crippen LogP contribution in [0.4, 0.5) is 22.2 Å². The van der Waals surface area contributed by atoms with Gasteiger partial charge in [-0.2, -0.15) is 4.98 Å². The Morgan fingerprint density at radius 1 is 0.967 bits per heavy atom. The molecule has 2 amide bonds. The smallest absolute Gasteiger partial charge is 0.321 e. The molecule has 0 radical (unpaired) electrons. The highest BCUT2D eigenvalue weighted by Crippen LogP contribution is 2.23. The number of urea groups is 1. The van der Waals surface area contributed by atoms with Crippen LogP contribution in [-0.4, -0.2) is 66.4 Å². The van der Waals surface area contributed by atoms with Crippen LogP contribution >= 0.6 is 11.8 Å². The molecule has 2 aliphatic heterocycles. The van der Waals surface area contributed by atoms with Gasteiger partial charge in [-0.25, -0.2) is 9.78 Å². The summed E-state index contributed by atoms with van der Waals surface area (Å²) in [6, 6.07) is 9.97. The van der Waals surface area contributed by atoms with E-state index in [0.29, 0.717) is 13.1 Å². The number of amides is 2. The van der Waals surface area contributed by atoms with Gasteiger partial charge in [0.15, 0.2) is 0 Å². The standard InChI is InChI=1S/C22H30N6OS/c1-17-15-20(26-9-4-3-5-10-26)25-21(23-17)27-11-13-28(14-12-27)22(29)24-18-7-6-8-19(16-18)30-2/h6-8,15-16H,3-5,9-14H2,1-2H3,(H,24,29). The van der Waals surface area contributed by atoms with Crippen molar-refractivity contribution in [2.24, 2.45) is 0 Å². The normalized spacial score (nSPS) is 17.2. The summed E-state index contributed by atoms with van der Waals surface area (Å²) >= 11 is 1.67. The van der Waals surface area contributed by atoms with Gasteiger partial charge in [-0.3, -0.25) is 0 Å². The summed E-state index contributed by atoms with van der Waals surface area (Å²) in [4.78, 5) is 29.8. The summed E-state index contributed by atoms with van der Waals surface area (Å²) in [6.45, 7) is 6.96. The van der Waals surface area contributed by atoms with Crippen LogP contribution in [0.5, 0.6) is 0 Å². The number of anilines is 3. The largest absolute Gasteiger partial charge is 0.356 e. The average molecular weight is 427 g/mol. The molecule has 0 aliphatic carbocycles. The molecule has 7 nitrogen and oxygen atoms in total. The molecule has 2 aromatic rings. The van der Waals surface area contributed by atoms with E-state index in [1.54, 1.807) is 11.8 Å². The molecule has 8 heteroatoms. The molecule has 1 aromatic heterocycles. The molecule has 0 bridgehead atoms. The Morgan fingerprint density at radius 3 is 2.47 bits per heavy atom. The van der Waals surface area contributed by atoms with Gasteiger partial charge in [0.1, 0.15) is 5.82 Å². The average Bonchev–Trinajstić information content (AvgIpc) is 2.79. The highest BCUT2D eigenvalue weighted by Gasteiger charge is 2.24. The molecule has 160 valence electrons. The summed E-state index contributed by atoms with van der Waals surface area (Å²) < 4.78 is 0. The number of aromatic nitrogens is 2. The molecular formula is C22H30N6OS. The molecule has 2 aliphatic rings. The van der Waals surface area contributed by atoms with Gasteiger partial charge in [0, 0.05) is 61.6 Å². The number of piperazine rings is 1. The third-order valence-electron chi connectivity index (χ3n) is 5.68. The van der Waals surface area contributed by atoms with Crippen molar-refractivity contribution in [2.75, 3.05) is 60.6 Å². The highest BCUT2D eigenvalue weighted by atomic mass is 32.2. The maximum absolute atomic E-state index is 12.7. The SMILES string of the molecule is CSc1cccc(NC(=O)N2CCN(c3nc(C)cc(N4CCCCC4)n3)CC2)c1. The molecule has 0 atom stereocenters. The number of aryl methyl sites for hydroxylation is 1. The fraction of sp³-hybridized carbons (Fsp3) is 0.500. The summed E-state index contributed by atoms with van der Waals surface area (Å²) in [5.41, 5.74) is 1.83. The minimum absolute atomic E-state index is 0.0490. The van der Waals surface area contributed by atoms with E-state index in [0.717, 1.165) is 54.2 Å². The molecule has 1 N–H and O–H groups in total. The molecule has 2 fully saturated rings. The van der Waals surface area contributed by atoms with Gasteiger partial charge in [0.2, 0.25) is 5.95 Å². The number of rotatable bonds is 4. The Morgan fingerprint density at radius 2 is 1.73 bits per heavy atom. The Bertz CT molecular complexity index is 878. The number of carbonyl (C=O) groups excluding carboxylic acids is 1. The predicted molar refractivity (Wildman–Crippen MR) is 124 cm³/mol. The lowest BCUT2D eigenvalue weighted by Gasteiger charge is -2.35. The lowest BCUT2D eigenvalue weighted by molar-refractivity contribution is 0.208. The fourth-order valence-electron chi connectivity index (χ4n) is 3.98. The van der Waals surface area contributed by atoms with E-state index in [9.17, 15) is 4.79 Å². The van der Waals surface area contributed by atoms with Crippen LogP contribution in [-0.2, 0) is 0 Å². The van der Waals surface area contributed by atoms with Gasteiger partial charge in [-0.05, 0) is 50.6 Å². The van der Waals surface area contributed by atoms with E-state index >= 15 is 0 Å². The third kappa shape index (κ3) is 4.98. The maximum Gasteiger partial charge on any atom is 0.321 e. The second kappa shape index (κ2) is 9.55. The minimum Gasteiger partial charge on any atom is -0.356 e. The zero-order chi connectivity index (χ0) is 20.9. The van der Waals surface area contributed by atoms with Crippen molar-refractivity contribution in [1.82, 2.24) is 14.9 Å². The Hall–Kier alpha value is -2.48. The first kappa shape index (κ1) is 20.8. The second-order valence-corrected chi connectivity index (χ2v) is 8.73.